The Balaban J connectivity index is 0.00000261. The number of likely N-dealkylation sites (tertiary alicyclic amines) is 1. The molecule has 2 heterocycles. The topological polar surface area (TPSA) is 74.6 Å². The molecule has 2 amide bonds. The van der Waals surface area contributed by atoms with E-state index >= 15 is 0 Å². The lowest BCUT2D eigenvalue weighted by molar-refractivity contribution is 0.0708. The summed E-state index contributed by atoms with van der Waals surface area (Å²) in [6, 6.07) is 6.95. The van der Waals surface area contributed by atoms with Crippen LogP contribution in [-0.2, 0) is 0 Å². The van der Waals surface area contributed by atoms with Crippen LogP contribution in [0, 0.1) is 6.92 Å². The lowest BCUT2D eigenvalue weighted by Gasteiger charge is -2.32. The van der Waals surface area contributed by atoms with Gasteiger partial charge in [-0.2, -0.15) is 0 Å². The third-order valence-corrected chi connectivity index (χ3v) is 4.99. The Hall–Kier alpha value is -2.02. The van der Waals surface area contributed by atoms with Crippen molar-refractivity contribution in [3.05, 3.63) is 52.4 Å². The molecule has 3 rings (SSSR count). The molecule has 0 atom stereocenters. The molecule has 1 fully saturated rings. The summed E-state index contributed by atoms with van der Waals surface area (Å²) >= 11 is 6.08. The number of halogens is 2. The van der Waals surface area contributed by atoms with E-state index in [2.05, 4.69) is 10.6 Å². The first-order valence-electron chi connectivity index (χ1n) is 8.61. The number of benzene rings is 1. The van der Waals surface area contributed by atoms with Gasteiger partial charge < -0.3 is 20.0 Å². The summed E-state index contributed by atoms with van der Waals surface area (Å²) in [5.74, 6) is 0.0865. The molecule has 0 spiro atoms. The Morgan fingerprint density at radius 2 is 1.89 bits per heavy atom. The third kappa shape index (κ3) is 4.83. The lowest BCUT2D eigenvalue weighted by atomic mass is 10.0. The van der Waals surface area contributed by atoms with Gasteiger partial charge in [-0.3, -0.25) is 9.59 Å². The molecular weight excluding hydrogens is 389 g/mol. The van der Waals surface area contributed by atoms with Gasteiger partial charge in [-0.25, -0.2) is 0 Å². The van der Waals surface area contributed by atoms with Gasteiger partial charge in [-0.15, -0.1) is 12.4 Å². The minimum Gasteiger partial charge on any atom is -0.469 e. The third-order valence-electron chi connectivity index (χ3n) is 4.75. The summed E-state index contributed by atoms with van der Waals surface area (Å²) < 4.78 is 5.17. The van der Waals surface area contributed by atoms with E-state index < -0.39 is 0 Å². The van der Waals surface area contributed by atoms with Crippen LogP contribution in [0.3, 0.4) is 0 Å². The fraction of sp³-hybridized carbons (Fsp3) is 0.368. The van der Waals surface area contributed by atoms with Crippen LogP contribution in [0.4, 0.5) is 5.69 Å². The van der Waals surface area contributed by atoms with Gasteiger partial charge in [-0.1, -0.05) is 11.6 Å². The van der Waals surface area contributed by atoms with Crippen molar-refractivity contribution < 1.29 is 14.0 Å². The number of piperidine rings is 1. The van der Waals surface area contributed by atoms with Gasteiger partial charge in [-0.05, 0) is 51.1 Å². The van der Waals surface area contributed by atoms with Crippen LogP contribution in [0.1, 0.15) is 39.3 Å². The van der Waals surface area contributed by atoms with Gasteiger partial charge in [0.05, 0.1) is 23.1 Å². The summed E-state index contributed by atoms with van der Waals surface area (Å²) in [6.07, 6.45) is 3.28. The highest BCUT2D eigenvalue weighted by molar-refractivity contribution is 6.31. The highest BCUT2D eigenvalue weighted by atomic mass is 35.5. The summed E-state index contributed by atoms with van der Waals surface area (Å²) in [6.45, 7) is 3.08. The Morgan fingerprint density at radius 1 is 1.19 bits per heavy atom. The van der Waals surface area contributed by atoms with Gasteiger partial charge in [0.15, 0.2) is 0 Å². The summed E-state index contributed by atoms with van der Waals surface area (Å²) in [5.41, 5.74) is 1.27. The number of hydrogen-bond acceptors (Lipinski definition) is 4. The van der Waals surface area contributed by atoms with Crippen molar-refractivity contribution in [1.29, 1.82) is 0 Å². The molecule has 146 valence electrons. The van der Waals surface area contributed by atoms with E-state index in [1.54, 1.807) is 31.2 Å². The van der Waals surface area contributed by atoms with Gasteiger partial charge in [0, 0.05) is 24.2 Å². The van der Waals surface area contributed by atoms with Crippen LogP contribution in [0.2, 0.25) is 5.02 Å². The Kier molecular flexibility index (Phi) is 7.30. The zero-order chi connectivity index (χ0) is 18.7. The van der Waals surface area contributed by atoms with Crippen molar-refractivity contribution in [2.45, 2.75) is 25.8 Å². The van der Waals surface area contributed by atoms with E-state index in [9.17, 15) is 9.59 Å². The van der Waals surface area contributed by atoms with E-state index in [0.29, 0.717) is 46.7 Å². The fourth-order valence-corrected chi connectivity index (χ4v) is 3.33. The van der Waals surface area contributed by atoms with Gasteiger partial charge in [0.25, 0.3) is 11.8 Å². The monoisotopic (exact) mass is 411 g/mol. The second-order valence-corrected chi connectivity index (χ2v) is 6.83. The highest BCUT2D eigenvalue weighted by Gasteiger charge is 2.25. The number of amides is 2. The Labute approximate surface area is 169 Å². The molecule has 27 heavy (non-hydrogen) atoms. The van der Waals surface area contributed by atoms with E-state index in [0.717, 1.165) is 12.8 Å². The molecule has 1 aromatic carbocycles. The molecule has 0 aliphatic carbocycles. The SMILES string of the molecule is CNC1CCN(C(=O)c2ccc(Cl)cc2NC(=O)c2ccoc2C)CC1.Cl. The predicted octanol–water partition coefficient (Wildman–Crippen LogP) is 3.74. The smallest absolute Gasteiger partial charge is 0.259 e. The number of nitrogens with one attached hydrogen (secondary N) is 2. The molecular formula is C19H23Cl2N3O3. The normalized spacial score (nSPS) is 14.6. The number of carbonyl (C=O) groups excluding carboxylic acids is 2. The summed E-state index contributed by atoms with van der Waals surface area (Å²) in [5, 5.41) is 6.49. The molecule has 1 aromatic heterocycles. The average Bonchev–Trinajstić information content (AvgIpc) is 3.07. The maximum atomic E-state index is 13.0. The average molecular weight is 412 g/mol. The standard InChI is InChI=1S/C19H22ClN3O3.ClH/c1-12-15(7-10-26-12)18(24)22-17-11-13(20)3-4-16(17)19(25)23-8-5-14(21-2)6-9-23;/h3-4,7,10-11,14,21H,5-6,8-9H2,1-2H3,(H,22,24);1H. The molecule has 0 bridgehead atoms. The molecule has 2 N–H and O–H groups in total. The van der Waals surface area contributed by atoms with Crippen LogP contribution >= 0.6 is 24.0 Å². The van der Waals surface area contributed by atoms with Crippen LogP contribution in [0.25, 0.3) is 0 Å². The van der Waals surface area contributed by atoms with Crippen LogP contribution < -0.4 is 10.6 Å². The molecule has 6 nitrogen and oxygen atoms in total. The Bertz CT molecular complexity index is 814. The first-order valence-corrected chi connectivity index (χ1v) is 8.99. The zero-order valence-electron chi connectivity index (χ0n) is 15.3. The summed E-state index contributed by atoms with van der Waals surface area (Å²) in [7, 11) is 1.94. The number of rotatable bonds is 4. The molecule has 0 radical (unpaired) electrons. The predicted molar refractivity (Wildman–Crippen MR) is 108 cm³/mol. The van der Waals surface area contributed by atoms with Crippen LogP contribution in [0.5, 0.6) is 0 Å². The maximum absolute atomic E-state index is 13.0. The number of anilines is 1. The number of furan rings is 1. The van der Waals surface area contributed by atoms with Crippen molar-refractivity contribution in [2.75, 3.05) is 25.5 Å². The Morgan fingerprint density at radius 3 is 2.48 bits per heavy atom. The fourth-order valence-electron chi connectivity index (χ4n) is 3.16. The van der Waals surface area contributed by atoms with Crippen molar-refractivity contribution in [2.24, 2.45) is 0 Å². The first-order chi connectivity index (χ1) is 12.5. The second kappa shape index (κ2) is 9.26. The van der Waals surface area contributed by atoms with E-state index in [4.69, 9.17) is 16.0 Å². The number of aryl methyl sites for hydroxylation is 1. The van der Waals surface area contributed by atoms with E-state index in [-0.39, 0.29) is 24.2 Å². The zero-order valence-corrected chi connectivity index (χ0v) is 16.8. The van der Waals surface area contributed by atoms with Gasteiger partial charge in [0.2, 0.25) is 0 Å². The van der Waals surface area contributed by atoms with Crippen molar-refractivity contribution in [3.8, 4) is 0 Å². The van der Waals surface area contributed by atoms with E-state index in [1.165, 1.54) is 6.26 Å². The molecule has 1 aliphatic rings. The maximum Gasteiger partial charge on any atom is 0.259 e. The first kappa shape index (κ1) is 21.3. The number of nitrogens with zero attached hydrogens (tertiary/aromatic N) is 1. The van der Waals surface area contributed by atoms with Crippen molar-refractivity contribution in [3.63, 3.8) is 0 Å². The van der Waals surface area contributed by atoms with Gasteiger partial charge in [0.1, 0.15) is 5.76 Å². The lowest BCUT2D eigenvalue weighted by Crippen LogP contribution is -2.44. The van der Waals surface area contributed by atoms with Gasteiger partial charge >= 0.3 is 0 Å². The summed E-state index contributed by atoms with van der Waals surface area (Å²) in [4.78, 5) is 27.3. The quantitative estimate of drug-likeness (QED) is 0.803. The molecule has 1 saturated heterocycles. The molecule has 2 aromatic rings. The highest BCUT2D eigenvalue weighted by Crippen LogP contribution is 2.25. The molecule has 1 aliphatic heterocycles. The van der Waals surface area contributed by atoms with E-state index in [1.807, 2.05) is 11.9 Å². The minimum atomic E-state index is -0.332. The second-order valence-electron chi connectivity index (χ2n) is 6.39. The van der Waals surface area contributed by atoms with Crippen LogP contribution in [-0.4, -0.2) is 42.9 Å². The largest absolute Gasteiger partial charge is 0.469 e. The minimum absolute atomic E-state index is 0. The molecule has 8 heteroatoms. The van der Waals surface area contributed by atoms with Crippen molar-refractivity contribution in [1.82, 2.24) is 10.2 Å². The number of carbonyl (C=O) groups is 2. The molecule has 0 unspecified atom stereocenters. The van der Waals surface area contributed by atoms with Crippen LogP contribution in [0.15, 0.2) is 34.9 Å². The van der Waals surface area contributed by atoms with Crippen molar-refractivity contribution >= 4 is 41.5 Å². The number of hydrogen-bond donors (Lipinski definition) is 2. The molecule has 0 saturated carbocycles.